The van der Waals surface area contributed by atoms with Crippen LogP contribution in [0.4, 0.5) is 11.4 Å². The minimum Gasteiger partial charge on any atom is -0.495 e. The molecular formula is C19H18ClN3O4. The Bertz CT molecular complexity index is 906. The molecule has 0 saturated heterocycles. The molecule has 140 valence electrons. The van der Waals surface area contributed by atoms with E-state index >= 15 is 0 Å². The minimum absolute atomic E-state index is 0.133. The van der Waals surface area contributed by atoms with Crippen LogP contribution in [0.25, 0.3) is 0 Å². The fourth-order valence-electron chi connectivity index (χ4n) is 2.20. The van der Waals surface area contributed by atoms with Gasteiger partial charge in [0.1, 0.15) is 17.4 Å². The predicted molar refractivity (Wildman–Crippen MR) is 103 cm³/mol. The van der Waals surface area contributed by atoms with Gasteiger partial charge in [-0.1, -0.05) is 11.6 Å². The van der Waals surface area contributed by atoms with Gasteiger partial charge in [-0.15, -0.1) is 0 Å². The highest BCUT2D eigenvalue weighted by molar-refractivity contribution is 6.31. The minimum atomic E-state index is -0.585. The maximum Gasteiger partial charge on any atom is 0.267 e. The maximum absolute atomic E-state index is 12.4. The molecule has 0 saturated carbocycles. The summed E-state index contributed by atoms with van der Waals surface area (Å²) in [7, 11) is 4.52. The van der Waals surface area contributed by atoms with E-state index < -0.39 is 5.91 Å². The molecule has 0 radical (unpaired) electrons. The first kappa shape index (κ1) is 19.9. The maximum atomic E-state index is 12.4. The molecule has 7 nitrogen and oxygen atoms in total. The van der Waals surface area contributed by atoms with Gasteiger partial charge in [0.05, 0.1) is 27.0 Å². The van der Waals surface area contributed by atoms with Crippen molar-refractivity contribution in [2.75, 3.05) is 32.0 Å². The SMILES string of the molecule is COc1ccc(Cl)cc1N/C=C(/C#N)C(=O)Nc1ccc(OC)c(OC)c1. The molecule has 1 amide bonds. The van der Waals surface area contributed by atoms with Crippen molar-refractivity contribution in [1.82, 2.24) is 0 Å². The van der Waals surface area contributed by atoms with E-state index in [-0.39, 0.29) is 5.57 Å². The van der Waals surface area contributed by atoms with Crippen LogP contribution in [0.15, 0.2) is 48.2 Å². The van der Waals surface area contributed by atoms with Gasteiger partial charge >= 0.3 is 0 Å². The van der Waals surface area contributed by atoms with E-state index in [1.165, 1.54) is 27.5 Å². The van der Waals surface area contributed by atoms with Crippen molar-refractivity contribution in [3.05, 3.63) is 53.2 Å². The van der Waals surface area contributed by atoms with Crippen LogP contribution in [0.1, 0.15) is 0 Å². The fourth-order valence-corrected chi connectivity index (χ4v) is 2.38. The van der Waals surface area contributed by atoms with E-state index in [9.17, 15) is 10.1 Å². The van der Waals surface area contributed by atoms with Gasteiger partial charge in [-0.2, -0.15) is 5.26 Å². The normalized spacial score (nSPS) is 10.6. The summed E-state index contributed by atoms with van der Waals surface area (Å²) in [5.74, 6) is 0.923. The third-order valence-electron chi connectivity index (χ3n) is 3.54. The molecule has 0 heterocycles. The Morgan fingerprint density at radius 1 is 1.04 bits per heavy atom. The predicted octanol–water partition coefficient (Wildman–Crippen LogP) is 3.82. The lowest BCUT2D eigenvalue weighted by molar-refractivity contribution is -0.112. The Morgan fingerprint density at radius 3 is 2.33 bits per heavy atom. The lowest BCUT2D eigenvalue weighted by Gasteiger charge is -2.11. The zero-order chi connectivity index (χ0) is 19.8. The van der Waals surface area contributed by atoms with E-state index in [2.05, 4.69) is 10.6 Å². The standard InChI is InChI=1S/C19H18ClN3O4/c1-25-16-6-4-13(20)8-15(16)22-11-12(10-21)19(24)23-14-5-7-17(26-2)18(9-14)27-3/h4-9,11,22H,1-3H3,(H,23,24)/b12-11-. The molecule has 2 aromatic carbocycles. The van der Waals surface area contributed by atoms with E-state index in [0.29, 0.717) is 33.6 Å². The van der Waals surface area contributed by atoms with Crippen LogP contribution in [0.2, 0.25) is 5.02 Å². The second-order valence-electron chi connectivity index (χ2n) is 5.18. The number of benzene rings is 2. The molecule has 0 spiro atoms. The van der Waals surface area contributed by atoms with Gasteiger partial charge in [0.15, 0.2) is 11.5 Å². The Hall–Kier alpha value is -3.37. The number of hydrogen-bond acceptors (Lipinski definition) is 6. The number of nitrogens with zero attached hydrogens (tertiary/aromatic N) is 1. The molecule has 2 aromatic rings. The van der Waals surface area contributed by atoms with Crippen molar-refractivity contribution in [2.24, 2.45) is 0 Å². The summed E-state index contributed by atoms with van der Waals surface area (Å²) in [5.41, 5.74) is 0.850. The van der Waals surface area contributed by atoms with Gasteiger partial charge in [-0.05, 0) is 30.3 Å². The van der Waals surface area contributed by atoms with Crippen LogP contribution in [0.3, 0.4) is 0 Å². The van der Waals surface area contributed by atoms with Gasteiger partial charge < -0.3 is 24.8 Å². The van der Waals surface area contributed by atoms with Crippen molar-refractivity contribution in [3.63, 3.8) is 0 Å². The quantitative estimate of drug-likeness (QED) is 0.554. The van der Waals surface area contributed by atoms with Gasteiger partial charge in [0.2, 0.25) is 0 Å². The largest absolute Gasteiger partial charge is 0.495 e. The van der Waals surface area contributed by atoms with Gasteiger partial charge in [0.25, 0.3) is 5.91 Å². The summed E-state index contributed by atoms with van der Waals surface area (Å²) in [6.45, 7) is 0. The first-order valence-electron chi connectivity index (χ1n) is 7.76. The molecule has 2 N–H and O–H groups in total. The average molecular weight is 388 g/mol. The van der Waals surface area contributed by atoms with Crippen LogP contribution in [-0.4, -0.2) is 27.2 Å². The fraction of sp³-hybridized carbons (Fsp3) is 0.158. The molecule has 2 rings (SSSR count). The number of ether oxygens (including phenoxy) is 3. The monoisotopic (exact) mass is 387 g/mol. The Labute approximate surface area is 162 Å². The molecule has 0 bridgehead atoms. The number of methoxy groups -OCH3 is 3. The molecule has 0 atom stereocenters. The third-order valence-corrected chi connectivity index (χ3v) is 3.78. The number of anilines is 2. The topological polar surface area (TPSA) is 92.6 Å². The van der Waals surface area contributed by atoms with Crippen molar-refractivity contribution in [2.45, 2.75) is 0 Å². The number of nitriles is 1. The number of rotatable bonds is 7. The zero-order valence-corrected chi connectivity index (χ0v) is 15.8. The van der Waals surface area contributed by atoms with Gasteiger partial charge in [-0.25, -0.2) is 0 Å². The molecule has 0 fully saturated rings. The number of hydrogen-bond donors (Lipinski definition) is 2. The van der Waals surface area contributed by atoms with Crippen molar-refractivity contribution >= 4 is 28.9 Å². The van der Waals surface area contributed by atoms with E-state index in [1.807, 2.05) is 6.07 Å². The number of halogens is 1. The lowest BCUT2D eigenvalue weighted by Crippen LogP contribution is -2.14. The van der Waals surface area contributed by atoms with Crippen LogP contribution in [0.5, 0.6) is 17.2 Å². The molecule has 8 heteroatoms. The molecule has 0 aliphatic heterocycles. The molecular weight excluding hydrogens is 370 g/mol. The summed E-state index contributed by atoms with van der Waals surface area (Å²) in [6.07, 6.45) is 1.28. The van der Waals surface area contributed by atoms with E-state index in [1.54, 1.807) is 36.4 Å². The number of carbonyl (C=O) groups excluding carboxylic acids is 1. The first-order chi connectivity index (χ1) is 13.0. The summed E-state index contributed by atoms with van der Waals surface area (Å²) in [5, 5.41) is 15.3. The molecule has 0 aliphatic rings. The summed E-state index contributed by atoms with van der Waals surface area (Å²) >= 11 is 5.96. The summed E-state index contributed by atoms with van der Waals surface area (Å²) in [6, 6.07) is 11.7. The van der Waals surface area contributed by atoms with E-state index in [4.69, 9.17) is 25.8 Å². The van der Waals surface area contributed by atoms with Crippen LogP contribution in [0, 0.1) is 11.3 Å². The third kappa shape index (κ3) is 5.06. The van der Waals surface area contributed by atoms with Crippen LogP contribution >= 0.6 is 11.6 Å². The highest BCUT2D eigenvalue weighted by Gasteiger charge is 2.12. The second-order valence-corrected chi connectivity index (χ2v) is 5.62. The highest BCUT2D eigenvalue weighted by atomic mass is 35.5. The lowest BCUT2D eigenvalue weighted by atomic mass is 10.2. The second kappa shape index (κ2) is 9.36. The number of amides is 1. The van der Waals surface area contributed by atoms with Gasteiger partial charge in [-0.3, -0.25) is 4.79 Å². The zero-order valence-electron chi connectivity index (χ0n) is 15.0. The van der Waals surface area contributed by atoms with Crippen LogP contribution < -0.4 is 24.8 Å². The highest BCUT2D eigenvalue weighted by Crippen LogP contribution is 2.30. The molecule has 0 aliphatic carbocycles. The summed E-state index contributed by atoms with van der Waals surface area (Å²) < 4.78 is 15.6. The Balaban J connectivity index is 2.18. The smallest absolute Gasteiger partial charge is 0.267 e. The summed E-state index contributed by atoms with van der Waals surface area (Å²) in [4.78, 5) is 12.4. The van der Waals surface area contributed by atoms with Crippen molar-refractivity contribution < 1.29 is 19.0 Å². The molecule has 0 unspecified atom stereocenters. The van der Waals surface area contributed by atoms with Crippen molar-refractivity contribution in [1.29, 1.82) is 5.26 Å². The Morgan fingerprint density at radius 2 is 1.70 bits per heavy atom. The molecule has 27 heavy (non-hydrogen) atoms. The number of nitrogens with one attached hydrogen (secondary N) is 2. The number of carbonyl (C=O) groups is 1. The average Bonchev–Trinajstić information content (AvgIpc) is 2.68. The van der Waals surface area contributed by atoms with Gasteiger partial charge in [0, 0.05) is 23.0 Å². The van der Waals surface area contributed by atoms with E-state index in [0.717, 1.165) is 0 Å². The van der Waals surface area contributed by atoms with Crippen molar-refractivity contribution in [3.8, 4) is 23.3 Å². The Kier molecular flexibility index (Phi) is 6.92. The first-order valence-corrected chi connectivity index (χ1v) is 8.14. The molecule has 0 aromatic heterocycles. The van der Waals surface area contributed by atoms with Crippen LogP contribution in [-0.2, 0) is 4.79 Å².